The number of likely N-dealkylation sites (N-methyl/N-ethyl adjacent to an activating group) is 1. The van der Waals surface area contributed by atoms with Crippen molar-refractivity contribution in [1.29, 1.82) is 0 Å². The van der Waals surface area contributed by atoms with Crippen molar-refractivity contribution in [2.45, 2.75) is 13.0 Å². The van der Waals surface area contributed by atoms with Gasteiger partial charge in [-0.15, -0.1) is 0 Å². The third-order valence-corrected chi connectivity index (χ3v) is 3.01. The first-order valence-corrected chi connectivity index (χ1v) is 6.34. The van der Waals surface area contributed by atoms with Crippen LogP contribution < -0.4 is 5.32 Å². The van der Waals surface area contributed by atoms with Gasteiger partial charge in [0.2, 0.25) is 0 Å². The summed E-state index contributed by atoms with van der Waals surface area (Å²) in [6.07, 6.45) is 0. The molecule has 1 unspecified atom stereocenters. The molecule has 0 aliphatic carbocycles. The number of nitrogens with one attached hydrogen (secondary N) is 1. The van der Waals surface area contributed by atoms with Crippen LogP contribution in [-0.4, -0.2) is 17.6 Å². The van der Waals surface area contributed by atoms with Crippen LogP contribution in [0.15, 0.2) is 54.6 Å². The van der Waals surface area contributed by atoms with Gasteiger partial charge in [-0.25, -0.2) is 0 Å². The smallest absolute Gasteiger partial charge is 0.325 e. The van der Waals surface area contributed by atoms with Gasteiger partial charge in [0.15, 0.2) is 0 Å². The highest BCUT2D eigenvalue weighted by atomic mass is 16.4. The Balaban J connectivity index is 2.25. The predicted octanol–water partition coefficient (Wildman–Crippen LogP) is 3.09. The fourth-order valence-corrected chi connectivity index (χ4v) is 2.05. The van der Waals surface area contributed by atoms with Gasteiger partial charge in [0.1, 0.15) is 6.04 Å². The topological polar surface area (TPSA) is 49.3 Å². The van der Waals surface area contributed by atoms with E-state index in [-0.39, 0.29) is 0 Å². The maximum Gasteiger partial charge on any atom is 0.325 e. The number of carbonyl (C=O) groups is 1. The van der Waals surface area contributed by atoms with Crippen molar-refractivity contribution < 1.29 is 9.90 Å². The zero-order chi connectivity index (χ0) is 13.7. The van der Waals surface area contributed by atoms with Crippen LogP contribution in [0.3, 0.4) is 0 Å². The molecule has 2 aromatic rings. The summed E-state index contributed by atoms with van der Waals surface area (Å²) >= 11 is 0. The molecule has 2 aromatic carbocycles. The van der Waals surface area contributed by atoms with Gasteiger partial charge in [0.05, 0.1) is 0 Å². The van der Waals surface area contributed by atoms with E-state index >= 15 is 0 Å². The molecule has 0 radical (unpaired) electrons. The summed E-state index contributed by atoms with van der Waals surface area (Å²) in [6, 6.07) is 17.0. The molecule has 0 saturated heterocycles. The number of carboxylic acids is 1. The van der Waals surface area contributed by atoms with E-state index in [4.69, 9.17) is 0 Å². The average Bonchev–Trinajstić information content (AvgIpc) is 2.46. The summed E-state index contributed by atoms with van der Waals surface area (Å²) in [6.45, 7) is 2.52. The molecule has 19 heavy (non-hydrogen) atoms. The average molecular weight is 255 g/mol. The molecule has 0 aliphatic rings. The number of aliphatic carboxylic acids is 1. The van der Waals surface area contributed by atoms with Crippen LogP contribution in [0, 0.1) is 0 Å². The first-order chi connectivity index (χ1) is 9.22. The lowest BCUT2D eigenvalue weighted by Crippen LogP contribution is -2.28. The van der Waals surface area contributed by atoms with Gasteiger partial charge in [-0.2, -0.15) is 0 Å². The zero-order valence-corrected chi connectivity index (χ0v) is 10.8. The highest BCUT2D eigenvalue weighted by Crippen LogP contribution is 2.21. The molecular formula is C16H17NO2. The summed E-state index contributed by atoms with van der Waals surface area (Å²) in [5, 5.41) is 12.1. The molecule has 3 heteroatoms. The van der Waals surface area contributed by atoms with E-state index in [1.54, 1.807) is 0 Å². The fraction of sp³-hybridized carbons (Fsp3) is 0.188. The lowest BCUT2D eigenvalue weighted by Gasteiger charge is -2.14. The Labute approximate surface area is 112 Å². The molecule has 0 aliphatic heterocycles. The van der Waals surface area contributed by atoms with Crippen molar-refractivity contribution in [1.82, 2.24) is 5.32 Å². The van der Waals surface area contributed by atoms with Crippen molar-refractivity contribution in [3.63, 3.8) is 0 Å². The lowest BCUT2D eigenvalue weighted by atomic mass is 10.0. The van der Waals surface area contributed by atoms with Gasteiger partial charge >= 0.3 is 5.97 Å². The minimum Gasteiger partial charge on any atom is -0.480 e. The molecule has 0 fully saturated rings. The quantitative estimate of drug-likeness (QED) is 0.863. The van der Waals surface area contributed by atoms with E-state index in [2.05, 4.69) is 5.32 Å². The molecule has 0 heterocycles. The Bertz CT molecular complexity index is 534. The number of hydrogen-bond acceptors (Lipinski definition) is 2. The standard InChI is InChI=1S/C16H17NO2/c1-2-17-15(16(18)19)14-10-8-13(9-11-14)12-6-4-3-5-7-12/h3-11,15,17H,2H2,1H3,(H,18,19). The van der Waals surface area contributed by atoms with Crippen molar-refractivity contribution >= 4 is 5.97 Å². The minimum absolute atomic E-state index is 0.622. The molecule has 0 bridgehead atoms. The number of carboxylic acid groups (broad SMARTS) is 1. The van der Waals surface area contributed by atoms with Gasteiger partial charge in [0, 0.05) is 0 Å². The molecule has 0 aromatic heterocycles. The van der Waals surface area contributed by atoms with Crippen molar-refractivity contribution in [3.8, 4) is 11.1 Å². The first kappa shape index (κ1) is 13.3. The summed E-state index contributed by atoms with van der Waals surface area (Å²) in [4.78, 5) is 11.2. The third kappa shape index (κ3) is 3.20. The van der Waals surface area contributed by atoms with Crippen LogP contribution in [0.2, 0.25) is 0 Å². The summed E-state index contributed by atoms with van der Waals surface area (Å²) in [5.41, 5.74) is 2.99. The second-order valence-corrected chi connectivity index (χ2v) is 4.32. The molecule has 0 saturated carbocycles. The summed E-state index contributed by atoms with van der Waals surface area (Å²) in [5.74, 6) is -0.852. The molecule has 2 rings (SSSR count). The van der Waals surface area contributed by atoms with E-state index in [0.717, 1.165) is 16.7 Å². The van der Waals surface area contributed by atoms with E-state index in [1.165, 1.54) is 0 Å². The maximum absolute atomic E-state index is 11.2. The molecular weight excluding hydrogens is 238 g/mol. The van der Waals surface area contributed by atoms with Crippen molar-refractivity contribution in [2.24, 2.45) is 0 Å². The summed E-state index contributed by atoms with van der Waals surface area (Å²) in [7, 11) is 0. The molecule has 0 spiro atoms. The number of hydrogen-bond donors (Lipinski definition) is 2. The van der Waals surface area contributed by atoms with Crippen LogP contribution in [-0.2, 0) is 4.79 Å². The van der Waals surface area contributed by atoms with E-state index in [0.29, 0.717) is 6.54 Å². The Hall–Kier alpha value is -2.13. The Morgan fingerprint density at radius 1 is 1.05 bits per heavy atom. The molecule has 1 atom stereocenters. The highest BCUT2D eigenvalue weighted by Gasteiger charge is 2.17. The normalized spacial score (nSPS) is 12.1. The lowest BCUT2D eigenvalue weighted by molar-refractivity contribution is -0.139. The Morgan fingerprint density at radius 3 is 2.16 bits per heavy atom. The van der Waals surface area contributed by atoms with Gasteiger partial charge in [-0.05, 0) is 23.2 Å². The predicted molar refractivity (Wildman–Crippen MR) is 75.9 cm³/mol. The monoisotopic (exact) mass is 255 g/mol. The van der Waals surface area contributed by atoms with Crippen LogP contribution in [0.1, 0.15) is 18.5 Å². The number of rotatable bonds is 5. The fourth-order valence-electron chi connectivity index (χ4n) is 2.05. The van der Waals surface area contributed by atoms with Crippen LogP contribution in [0.5, 0.6) is 0 Å². The van der Waals surface area contributed by atoms with E-state index in [9.17, 15) is 9.90 Å². The second kappa shape index (κ2) is 6.16. The van der Waals surface area contributed by atoms with Gasteiger partial charge in [-0.3, -0.25) is 4.79 Å². The van der Waals surface area contributed by atoms with Crippen molar-refractivity contribution in [2.75, 3.05) is 6.54 Å². The molecule has 3 nitrogen and oxygen atoms in total. The van der Waals surface area contributed by atoms with Crippen molar-refractivity contribution in [3.05, 3.63) is 60.2 Å². The van der Waals surface area contributed by atoms with Crippen LogP contribution in [0.4, 0.5) is 0 Å². The van der Waals surface area contributed by atoms with E-state index in [1.807, 2.05) is 61.5 Å². The number of benzene rings is 2. The second-order valence-electron chi connectivity index (χ2n) is 4.32. The first-order valence-electron chi connectivity index (χ1n) is 6.34. The van der Waals surface area contributed by atoms with Crippen LogP contribution >= 0.6 is 0 Å². The maximum atomic E-state index is 11.2. The molecule has 0 amide bonds. The molecule has 98 valence electrons. The highest BCUT2D eigenvalue weighted by molar-refractivity contribution is 5.76. The Morgan fingerprint density at radius 2 is 1.63 bits per heavy atom. The third-order valence-electron chi connectivity index (χ3n) is 3.01. The van der Waals surface area contributed by atoms with E-state index < -0.39 is 12.0 Å². The summed E-state index contributed by atoms with van der Waals surface area (Å²) < 4.78 is 0. The zero-order valence-electron chi connectivity index (χ0n) is 10.8. The van der Waals surface area contributed by atoms with Gasteiger partial charge in [0.25, 0.3) is 0 Å². The molecule has 2 N–H and O–H groups in total. The minimum atomic E-state index is -0.852. The largest absolute Gasteiger partial charge is 0.480 e. The SMILES string of the molecule is CCNC(C(=O)O)c1ccc(-c2ccccc2)cc1. The Kier molecular flexibility index (Phi) is 4.31. The van der Waals surface area contributed by atoms with Crippen LogP contribution in [0.25, 0.3) is 11.1 Å². The van der Waals surface area contributed by atoms with Gasteiger partial charge in [-0.1, -0.05) is 61.5 Å². The van der Waals surface area contributed by atoms with Gasteiger partial charge < -0.3 is 10.4 Å².